The Morgan fingerprint density at radius 3 is 1.55 bits per heavy atom. The minimum Gasteiger partial charge on any atom is -0.481 e. The van der Waals surface area contributed by atoms with Crippen molar-refractivity contribution in [3.05, 3.63) is 60.8 Å². The molecule has 0 radical (unpaired) electrons. The lowest BCUT2D eigenvalue weighted by atomic mass is 10.2. The van der Waals surface area contributed by atoms with Gasteiger partial charge in [0.15, 0.2) is 0 Å². The third-order valence-electron chi connectivity index (χ3n) is 2.92. The van der Waals surface area contributed by atoms with Gasteiger partial charge in [0.25, 0.3) is 0 Å². The fraction of sp³-hybridized carbons (Fsp3) is 0.450. The number of unbranched alkanes of at least 4 members (excludes halogenated alkanes) is 1. The van der Waals surface area contributed by atoms with E-state index in [1.54, 1.807) is 0 Å². The predicted molar refractivity (Wildman–Crippen MR) is 95.9 cm³/mol. The van der Waals surface area contributed by atoms with Gasteiger partial charge in [0.2, 0.25) is 0 Å². The molecule has 0 spiro atoms. The third-order valence-corrected chi connectivity index (χ3v) is 2.92. The number of allylic oxidation sites excluding steroid dienone is 10. The zero-order valence-electron chi connectivity index (χ0n) is 13.8. The number of carboxylic acids is 1. The Hall–Kier alpha value is -1.83. The summed E-state index contributed by atoms with van der Waals surface area (Å²) >= 11 is 0. The summed E-state index contributed by atoms with van der Waals surface area (Å²) in [6.45, 7) is 2.14. The van der Waals surface area contributed by atoms with Crippen molar-refractivity contribution in [2.45, 2.75) is 58.3 Å². The van der Waals surface area contributed by atoms with E-state index in [0.29, 0.717) is 0 Å². The van der Waals surface area contributed by atoms with Crippen molar-refractivity contribution >= 4 is 5.97 Å². The predicted octanol–water partition coefficient (Wildman–Crippen LogP) is 5.99. The van der Waals surface area contributed by atoms with Crippen LogP contribution in [0.2, 0.25) is 0 Å². The lowest BCUT2D eigenvalue weighted by Crippen LogP contribution is -1.92. The van der Waals surface area contributed by atoms with E-state index < -0.39 is 5.97 Å². The molecule has 2 nitrogen and oxygen atoms in total. The molecule has 0 amide bonds. The van der Waals surface area contributed by atoms with Crippen LogP contribution < -0.4 is 0 Å². The van der Waals surface area contributed by atoms with E-state index in [0.717, 1.165) is 44.9 Å². The number of rotatable bonds is 13. The van der Waals surface area contributed by atoms with E-state index in [9.17, 15) is 4.79 Å². The van der Waals surface area contributed by atoms with Crippen molar-refractivity contribution in [3.8, 4) is 0 Å². The summed E-state index contributed by atoms with van der Waals surface area (Å²) in [7, 11) is 0. The summed E-state index contributed by atoms with van der Waals surface area (Å²) in [6.07, 6.45) is 28.4. The highest BCUT2D eigenvalue weighted by Crippen LogP contribution is 1.99. The first-order valence-corrected chi connectivity index (χ1v) is 8.24. The first kappa shape index (κ1) is 20.2. The molecule has 2 heteroatoms. The maximum atomic E-state index is 10.3. The molecular formula is C20H30O2. The maximum Gasteiger partial charge on any atom is 0.303 e. The van der Waals surface area contributed by atoms with E-state index >= 15 is 0 Å². The normalized spacial score (nSPS) is 12.8. The Kier molecular flexibility index (Phi) is 15.8. The Labute approximate surface area is 135 Å². The SMILES string of the molecule is CC/C=C\C/C=C\C/C=C\C/C=C\C/C=C/CCCC(=O)O. The summed E-state index contributed by atoms with van der Waals surface area (Å²) < 4.78 is 0. The van der Waals surface area contributed by atoms with Crippen LogP contribution in [0, 0.1) is 0 Å². The lowest BCUT2D eigenvalue weighted by molar-refractivity contribution is -0.137. The number of hydrogen-bond acceptors (Lipinski definition) is 1. The van der Waals surface area contributed by atoms with Gasteiger partial charge in [-0.15, -0.1) is 0 Å². The highest BCUT2D eigenvalue weighted by molar-refractivity contribution is 5.66. The minimum atomic E-state index is -0.715. The van der Waals surface area contributed by atoms with Crippen LogP contribution in [0.5, 0.6) is 0 Å². The van der Waals surface area contributed by atoms with Crippen molar-refractivity contribution in [3.63, 3.8) is 0 Å². The average Bonchev–Trinajstić information content (AvgIpc) is 2.50. The number of aliphatic carboxylic acids is 1. The first-order valence-electron chi connectivity index (χ1n) is 8.24. The van der Waals surface area contributed by atoms with Gasteiger partial charge in [-0.3, -0.25) is 4.79 Å². The second-order valence-electron chi connectivity index (χ2n) is 4.99. The molecule has 1 N–H and O–H groups in total. The molecule has 0 aromatic carbocycles. The summed E-state index contributed by atoms with van der Waals surface area (Å²) in [4.78, 5) is 10.3. The second kappa shape index (κ2) is 17.2. The largest absolute Gasteiger partial charge is 0.481 e. The number of carboxylic acid groups (broad SMARTS) is 1. The summed E-state index contributed by atoms with van der Waals surface area (Å²) in [5.41, 5.74) is 0. The molecule has 0 heterocycles. The van der Waals surface area contributed by atoms with E-state index in [1.807, 2.05) is 0 Å². The lowest BCUT2D eigenvalue weighted by Gasteiger charge is -1.89. The molecule has 0 bridgehead atoms. The Morgan fingerprint density at radius 2 is 1.14 bits per heavy atom. The van der Waals surface area contributed by atoms with Crippen molar-refractivity contribution in [2.75, 3.05) is 0 Å². The Balaban J connectivity index is 3.46. The quantitative estimate of drug-likeness (QED) is 0.335. The van der Waals surface area contributed by atoms with Crippen molar-refractivity contribution < 1.29 is 9.90 Å². The van der Waals surface area contributed by atoms with Crippen molar-refractivity contribution in [2.24, 2.45) is 0 Å². The van der Waals surface area contributed by atoms with Gasteiger partial charge in [0.05, 0.1) is 0 Å². The van der Waals surface area contributed by atoms with Gasteiger partial charge in [-0.2, -0.15) is 0 Å². The summed E-state index contributed by atoms with van der Waals surface area (Å²) in [5, 5.41) is 8.49. The molecule has 0 fully saturated rings. The standard InChI is InChI=1S/C20H30O2/c1-2-3-4-5-6-7-8-9-10-11-12-13-14-15-16-17-18-19-20(21)22/h3-4,6-7,9-10,12-13,15-16H,2,5,8,11,14,17-19H2,1H3,(H,21,22)/b4-3-,7-6-,10-9-,13-12-,16-15+. The van der Waals surface area contributed by atoms with Gasteiger partial charge >= 0.3 is 5.97 Å². The van der Waals surface area contributed by atoms with E-state index in [4.69, 9.17) is 5.11 Å². The molecule has 0 unspecified atom stereocenters. The molecule has 0 aromatic heterocycles. The average molecular weight is 302 g/mol. The molecular weight excluding hydrogens is 272 g/mol. The topological polar surface area (TPSA) is 37.3 Å². The fourth-order valence-electron chi connectivity index (χ4n) is 1.74. The van der Waals surface area contributed by atoms with Crippen LogP contribution in [-0.2, 0) is 4.79 Å². The van der Waals surface area contributed by atoms with Gasteiger partial charge in [-0.25, -0.2) is 0 Å². The van der Waals surface area contributed by atoms with Gasteiger partial charge in [-0.05, 0) is 44.9 Å². The zero-order valence-corrected chi connectivity index (χ0v) is 13.8. The van der Waals surface area contributed by atoms with Crippen molar-refractivity contribution in [1.82, 2.24) is 0 Å². The van der Waals surface area contributed by atoms with Crippen LogP contribution in [0.3, 0.4) is 0 Å². The van der Waals surface area contributed by atoms with Crippen molar-refractivity contribution in [1.29, 1.82) is 0 Å². The smallest absolute Gasteiger partial charge is 0.303 e. The molecule has 0 atom stereocenters. The Bertz CT molecular complexity index is 398. The molecule has 0 aliphatic carbocycles. The van der Waals surface area contributed by atoms with Crippen LogP contribution >= 0.6 is 0 Å². The molecule has 0 aliphatic rings. The summed E-state index contributed by atoms with van der Waals surface area (Å²) in [6, 6.07) is 0. The van der Waals surface area contributed by atoms with Crippen LogP contribution in [-0.4, -0.2) is 11.1 Å². The van der Waals surface area contributed by atoms with Crippen LogP contribution in [0.4, 0.5) is 0 Å². The van der Waals surface area contributed by atoms with Crippen LogP contribution in [0.15, 0.2) is 60.8 Å². The molecule has 0 rings (SSSR count). The minimum absolute atomic E-state index is 0.258. The molecule has 122 valence electrons. The maximum absolute atomic E-state index is 10.3. The van der Waals surface area contributed by atoms with Crippen LogP contribution in [0.1, 0.15) is 58.3 Å². The first-order chi connectivity index (χ1) is 10.8. The van der Waals surface area contributed by atoms with E-state index in [1.165, 1.54) is 0 Å². The number of hydrogen-bond donors (Lipinski definition) is 1. The zero-order chi connectivity index (χ0) is 16.3. The molecule has 0 saturated heterocycles. The van der Waals surface area contributed by atoms with Gasteiger partial charge in [0.1, 0.15) is 0 Å². The summed E-state index contributed by atoms with van der Waals surface area (Å²) in [5.74, 6) is -0.715. The van der Waals surface area contributed by atoms with Crippen LogP contribution in [0.25, 0.3) is 0 Å². The van der Waals surface area contributed by atoms with Gasteiger partial charge in [0, 0.05) is 6.42 Å². The molecule has 22 heavy (non-hydrogen) atoms. The molecule has 0 saturated carbocycles. The molecule has 0 aromatic rings. The van der Waals surface area contributed by atoms with Gasteiger partial charge < -0.3 is 5.11 Å². The van der Waals surface area contributed by atoms with E-state index in [2.05, 4.69) is 67.7 Å². The Morgan fingerprint density at radius 1 is 0.727 bits per heavy atom. The fourth-order valence-corrected chi connectivity index (χ4v) is 1.74. The monoisotopic (exact) mass is 302 g/mol. The highest BCUT2D eigenvalue weighted by Gasteiger charge is 1.92. The number of carbonyl (C=O) groups is 1. The third kappa shape index (κ3) is 18.2. The second-order valence-corrected chi connectivity index (χ2v) is 4.99. The highest BCUT2D eigenvalue weighted by atomic mass is 16.4. The molecule has 0 aliphatic heterocycles. The van der Waals surface area contributed by atoms with Gasteiger partial charge in [-0.1, -0.05) is 67.7 Å². The van der Waals surface area contributed by atoms with E-state index in [-0.39, 0.29) is 6.42 Å².